The predicted octanol–water partition coefficient (Wildman–Crippen LogP) is 3.51. The number of nitriles is 1. The number of halogens is 2. The molecule has 0 saturated carbocycles. The van der Waals surface area contributed by atoms with Gasteiger partial charge in [0.2, 0.25) is 5.91 Å². The number of rotatable bonds is 4. The van der Waals surface area contributed by atoms with Crippen LogP contribution in [0.3, 0.4) is 0 Å². The van der Waals surface area contributed by atoms with Crippen molar-refractivity contribution in [2.75, 3.05) is 17.2 Å². The summed E-state index contributed by atoms with van der Waals surface area (Å²) in [6.45, 7) is 0.00763. The van der Waals surface area contributed by atoms with Crippen molar-refractivity contribution in [3.63, 3.8) is 0 Å². The average Bonchev–Trinajstić information content (AvgIpc) is 2.48. The van der Waals surface area contributed by atoms with Crippen LogP contribution in [0.25, 0.3) is 0 Å². The first kappa shape index (κ1) is 15.0. The summed E-state index contributed by atoms with van der Waals surface area (Å²) in [5, 5.41) is 14.5. The highest BCUT2D eigenvalue weighted by Gasteiger charge is 2.06. The molecule has 4 nitrogen and oxygen atoms in total. The molecule has 0 bridgehead atoms. The maximum absolute atomic E-state index is 12.8. The highest BCUT2D eigenvalue weighted by molar-refractivity contribution is 9.10. The number of amides is 1. The van der Waals surface area contributed by atoms with E-state index in [2.05, 4.69) is 32.6 Å². The molecule has 21 heavy (non-hydrogen) atoms. The van der Waals surface area contributed by atoms with Gasteiger partial charge < -0.3 is 10.6 Å². The Morgan fingerprint density at radius 3 is 2.62 bits per heavy atom. The van der Waals surface area contributed by atoms with E-state index < -0.39 is 0 Å². The summed E-state index contributed by atoms with van der Waals surface area (Å²) in [6.07, 6.45) is 0. The molecule has 0 spiro atoms. The van der Waals surface area contributed by atoms with Crippen molar-refractivity contribution < 1.29 is 9.18 Å². The lowest BCUT2D eigenvalue weighted by molar-refractivity contribution is -0.114. The van der Waals surface area contributed by atoms with Gasteiger partial charge in [-0.3, -0.25) is 4.79 Å². The molecule has 0 radical (unpaired) electrons. The Balaban J connectivity index is 1.95. The summed E-state index contributed by atoms with van der Waals surface area (Å²) in [6, 6.07) is 12.7. The standard InChI is InChI=1S/C15H11BrFN3O/c16-11-1-6-14(10(7-11)8-18)19-9-15(21)20-13-4-2-12(17)3-5-13/h1-7,19H,9H2,(H,20,21). The van der Waals surface area contributed by atoms with Gasteiger partial charge in [0.15, 0.2) is 0 Å². The fourth-order valence-electron chi connectivity index (χ4n) is 1.68. The van der Waals surface area contributed by atoms with Gasteiger partial charge >= 0.3 is 0 Å². The van der Waals surface area contributed by atoms with Crippen molar-refractivity contribution in [2.24, 2.45) is 0 Å². The predicted molar refractivity (Wildman–Crippen MR) is 82.4 cm³/mol. The zero-order valence-electron chi connectivity index (χ0n) is 10.9. The normalized spacial score (nSPS) is 9.76. The van der Waals surface area contributed by atoms with E-state index in [4.69, 9.17) is 5.26 Å². The van der Waals surface area contributed by atoms with E-state index in [-0.39, 0.29) is 18.3 Å². The summed E-state index contributed by atoms with van der Waals surface area (Å²) in [5.41, 5.74) is 1.54. The van der Waals surface area contributed by atoms with E-state index in [1.54, 1.807) is 18.2 Å². The molecule has 106 valence electrons. The van der Waals surface area contributed by atoms with Crippen LogP contribution in [0.5, 0.6) is 0 Å². The SMILES string of the molecule is N#Cc1cc(Br)ccc1NCC(=O)Nc1ccc(F)cc1. The molecule has 2 rings (SSSR count). The minimum absolute atomic E-state index is 0.00763. The van der Waals surface area contributed by atoms with Gasteiger partial charge in [-0.05, 0) is 42.5 Å². The molecule has 0 fully saturated rings. The molecule has 2 aromatic carbocycles. The third-order valence-corrected chi connectivity index (χ3v) is 3.16. The first-order valence-corrected chi connectivity index (χ1v) is 6.87. The number of carbonyl (C=O) groups is 1. The van der Waals surface area contributed by atoms with Crippen molar-refractivity contribution in [1.29, 1.82) is 5.26 Å². The molecule has 0 heterocycles. The minimum Gasteiger partial charge on any atom is -0.375 e. The van der Waals surface area contributed by atoms with Crippen LogP contribution < -0.4 is 10.6 Å². The molecule has 2 aromatic rings. The number of nitrogens with one attached hydrogen (secondary N) is 2. The summed E-state index contributed by atoms with van der Waals surface area (Å²) < 4.78 is 13.5. The Labute approximate surface area is 129 Å². The number of carbonyl (C=O) groups excluding carboxylic acids is 1. The van der Waals surface area contributed by atoms with Crippen LogP contribution in [0.1, 0.15) is 5.56 Å². The number of anilines is 2. The van der Waals surface area contributed by atoms with Gasteiger partial charge in [-0.25, -0.2) is 4.39 Å². The van der Waals surface area contributed by atoms with Gasteiger partial charge in [0.05, 0.1) is 17.8 Å². The lowest BCUT2D eigenvalue weighted by Gasteiger charge is -2.09. The van der Waals surface area contributed by atoms with Gasteiger partial charge in [-0.1, -0.05) is 15.9 Å². The van der Waals surface area contributed by atoms with E-state index in [0.717, 1.165) is 4.47 Å². The van der Waals surface area contributed by atoms with Crippen LogP contribution in [0, 0.1) is 17.1 Å². The molecule has 0 aliphatic rings. The molecular formula is C15H11BrFN3O. The van der Waals surface area contributed by atoms with E-state index in [0.29, 0.717) is 16.9 Å². The molecule has 0 aliphatic heterocycles. The fourth-order valence-corrected chi connectivity index (χ4v) is 2.04. The Kier molecular flexibility index (Phi) is 4.90. The van der Waals surface area contributed by atoms with E-state index >= 15 is 0 Å². The second kappa shape index (κ2) is 6.86. The monoisotopic (exact) mass is 347 g/mol. The number of hydrogen-bond donors (Lipinski definition) is 2. The summed E-state index contributed by atoms with van der Waals surface area (Å²) in [4.78, 5) is 11.8. The molecule has 2 N–H and O–H groups in total. The van der Waals surface area contributed by atoms with Crippen LogP contribution in [-0.4, -0.2) is 12.5 Å². The second-order valence-corrected chi connectivity index (χ2v) is 5.13. The lowest BCUT2D eigenvalue weighted by atomic mass is 10.2. The fraction of sp³-hybridized carbons (Fsp3) is 0.0667. The quantitative estimate of drug-likeness (QED) is 0.889. The molecular weight excluding hydrogens is 337 g/mol. The molecule has 0 saturated heterocycles. The van der Waals surface area contributed by atoms with Crippen molar-refractivity contribution in [3.8, 4) is 6.07 Å². The Morgan fingerprint density at radius 1 is 1.24 bits per heavy atom. The van der Waals surface area contributed by atoms with Crippen LogP contribution in [0.2, 0.25) is 0 Å². The molecule has 0 unspecified atom stereocenters. The highest BCUT2D eigenvalue weighted by atomic mass is 79.9. The maximum Gasteiger partial charge on any atom is 0.243 e. The van der Waals surface area contributed by atoms with E-state index in [1.807, 2.05) is 0 Å². The van der Waals surface area contributed by atoms with Crippen LogP contribution >= 0.6 is 15.9 Å². The van der Waals surface area contributed by atoms with Crippen LogP contribution in [0.15, 0.2) is 46.9 Å². The van der Waals surface area contributed by atoms with Crippen molar-refractivity contribution in [3.05, 3.63) is 58.3 Å². The van der Waals surface area contributed by atoms with Gasteiger partial charge in [0.25, 0.3) is 0 Å². The third-order valence-electron chi connectivity index (χ3n) is 2.67. The van der Waals surface area contributed by atoms with Crippen molar-refractivity contribution in [1.82, 2.24) is 0 Å². The number of hydrogen-bond acceptors (Lipinski definition) is 3. The molecule has 0 atom stereocenters. The lowest BCUT2D eigenvalue weighted by Crippen LogP contribution is -2.22. The first-order valence-electron chi connectivity index (χ1n) is 6.07. The Morgan fingerprint density at radius 2 is 1.95 bits per heavy atom. The Bertz CT molecular complexity index is 695. The van der Waals surface area contributed by atoms with Gasteiger partial charge in [0, 0.05) is 10.2 Å². The second-order valence-electron chi connectivity index (χ2n) is 4.21. The molecule has 6 heteroatoms. The van der Waals surface area contributed by atoms with E-state index in [9.17, 15) is 9.18 Å². The topological polar surface area (TPSA) is 64.9 Å². The van der Waals surface area contributed by atoms with Crippen molar-refractivity contribution in [2.45, 2.75) is 0 Å². The summed E-state index contributed by atoms with van der Waals surface area (Å²) in [7, 11) is 0. The van der Waals surface area contributed by atoms with Crippen LogP contribution in [0.4, 0.5) is 15.8 Å². The number of benzene rings is 2. The maximum atomic E-state index is 12.8. The molecule has 0 aromatic heterocycles. The molecule has 0 aliphatic carbocycles. The third kappa shape index (κ3) is 4.29. The smallest absolute Gasteiger partial charge is 0.243 e. The molecule has 1 amide bonds. The largest absolute Gasteiger partial charge is 0.375 e. The number of nitrogens with zero attached hydrogens (tertiary/aromatic N) is 1. The minimum atomic E-state index is -0.361. The van der Waals surface area contributed by atoms with Gasteiger partial charge in [-0.15, -0.1) is 0 Å². The van der Waals surface area contributed by atoms with Gasteiger partial charge in [0.1, 0.15) is 11.9 Å². The van der Waals surface area contributed by atoms with Gasteiger partial charge in [-0.2, -0.15) is 5.26 Å². The summed E-state index contributed by atoms with van der Waals surface area (Å²) >= 11 is 3.28. The zero-order chi connectivity index (χ0) is 15.2. The summed E-state index contributed by atoms with van der Waals surface area (Å²) in [5.74, 6) is -0.645. The first-order chi connectivity index (χ1) is 10.1. The average molecular weight is 348 g/mol. The van der Waals surface area contributed by atoms with Crippen molar-refractivity contribution >= 4 is 33.2 Å². The Hall–Kier alpha value is -2.39. The van der Waals surface area contributed by atoms with E-state index in [1.165, 1.54) is 24.3 Å². The highest BCUT2D eigenvalue weighted by Crippen LogP contribution is 2.20. The van der Waals surface area contributed by atoms with Crippen LogP contribution in [-0.2, 0) is 4.79 Å². The zero-order valence-corrected chi connectivity index (χ0v) is 12.4.